The summed E-state index contributed by atoms with van der Waals surface area (Å²) in [6, 6.07) is 6.27. The number of nitrogens with one attached hydrogen (secondary N) is 1. The molecule has 4 nitrogen and oxygen atoms in total. The molecule has 0 aliphatic rings. The minimum Gasteiger partial charge on any atom is -0.490 e. The number of hydrogen-bond donors (Lipinski definition) is 2. The van der Waals surface area contributed by atoms with Crippen molar-refractivity contribution in [1.29, 1.82) is 5.41 Å². The van der Waals surface area contributed by atoms with Gasteiger partial charge in [0.15, 0.2) is 11.6 Å². The summed E-state index contributed by atoms with van der Waals surface area (Å²) in [6.45, 7) is 0.339. The number of hydrogen-bond acceptors (Lipinski definition) is 4. The topological polar surface area (TPSA) is 72.0 Å². The van der Waals surface area contributed by atoms with Crippen LogP contribution in [0.1, 0.15) is 9.88 Å². The molecule has 6 heteroatoms. The minimum absolute atomic E-state index is 0.00812. The number of nitrogen functional groups attached to an aromatic ring is 1. The predicted octanol–water partition coefficient (Wildman–Crippen LogP) is 2.19. The molecule has 0 unspecified atom stereocenters. The Hall–Kier alpha value is -1.95. The molecule has 0 aliphatic carbocycles. The lowest BCUT2D eigenvalue weighted by Gasteiger charge is -2.05. The van der Waals surface area contributed by atoms with E-state index in [-0.39, 0.29) is 17.4 Å². The molecule has 0 atom stereocenters. The van der Waals surface area contributed by atoms with Crippen molar-refractivity contribution in [2.24, 2.45) is 5.73 Å². The van der Waals surface area contributed by atoms with Crippen molar-refractivity contribution in [2.75, 3.05) is 6.61 Å². The monoisotopic (exact) mass is 265 g/mol. The van der Waals surface area contributed by atoms with Gasteiger partial charge in [0.05, 0.1) is 16.5 Å². The standard InChI is InChI=1S/C12H12FN3OS/c13-8-3-1-2-4-9(8)17-6-5-11-16-7-10(18-11)12(14)15/h1-4,7H,5-6H2,(H3,14,15). The van der Waals surface area contributed by atoms with Gasteiger partial charge in [-0.05, 0) is 12.1 Å². The highest BCUT2D eigenvalue weighted by molar-refractivity contribution is 7.13. The third-order valence-corrected chi connectivity index (χ3v) is 3.32. The maximum atomic E-state index is 13.2. The smallest absolute Gasteiger partial charge is 0.165 e. The average Bonchev–Trinajstić information content (AvgIpc) is 2.80. The van der Waals surface area contributed by atoms with E-state index in [4.69, 9.17) is 15.9 Å². The molecule has 18 heavy (non-hydrogen) atoms. The maximum Gasteiger partial charge on any atom is 0.165 e. The number of thiazole rings is 1. The van der Waals surface area contributed by atoms with E-state index in [1.807, 2.05) is 0 Å². The van der Waals surface area contributed by atoms with Crippen molar-refractivity contribution < 1.29 is 9.13 Å². The molecule has 2 aromatic rings. The second kappa shape index (κ2) is 5.59. The summed E-state index contributed by atoms with van der Waals surface area (Å²) in [7, 11) is 0. The molecule has 0 saturated carbocycles. The molecule has 0 bridgehead atoms. The number of benzene rings is 1. The first-order chi connectivity index (χ1) is 8.66. The Morgan fingerprint density at radius 2 is 2.22 bits per heavy atom. The van der Waals surface area contributed by atoms with Gasteiger partial charge in [-0.1, -0.05) is 12.1 Å². The van der Waals surface area contributed by atoms with Crippen LogP contribution in [0.15, 0.2) is 30.5 Å². The average molecular weight is 265 g/mol. The summed E-state index contributed by atoms with van der Waals surface area (Å²) in [5, 5.41) is 8.07. The first-order valence-corrected chi connectivity index (χ1v) is 6.15. The SMILES string of the molecule is N=C(N)c1cnc(CCOc2ccccc2F)s1. The highest BCUT2D eigenvalue weighted by atomic mass is 32.1. The van der Waals surface area contributed by atoms with Crippen LogP contribution in [0.3, 0.4) is 0 Å². The molecule has 3 N–H and O–H groups in total. The van der Waals surface area contributed by atoms with Gasteiger partial charge in [0.1, 0.15) is 5.84 Å². The Morgan fingerprint density at radius 3 is 2.89 bits per heavy atom. The van der Waals surface area contributed by atoms with Crippen molar-refractivity contribution in [2.45, 2.75) is 6.42 Å². The quantitative estimate of drug-likeness (QED) is 0.643. The molecule has 0 fully saturated rings. The first-order valence-electron chi connectivity index (χ1n) is 5.33. The fourth-order valence-corrected chi connectivity index (χ4v) is 2.12. The Morgan fingerprint density at radius 1 is 1.44 bits per heavy atom. The minimum atomic E-state index is -0.374. The fourth-order valence-electron chi connectivity index (χ4n) is 1.36. The van der Waals surface area contributed by atoms with Crippen molar-refractivity contribution >= 4 is 17.2 Å². The van der Waals surface area contributed by atoms with Gasteiger partial charge < -0.3 is 10.5 Å². The first kappa shape index (κ1) is 12.5. The van der Waals surface area contributed by atoms with E-state index in [9.17, 15) is 4.39 Å². The Bertz CT molecular complexity index is 556. The van der Waals surface area contributed by atoms with Gasteiger partial charge in [0.25, 0.3) is 0 Å². The van der Waals surface area contributed by atoms with Crippen molar-refractivity contribution in [3.8, 4) is 5.75 Å². The number of halogens is 1. The van der Waals surface area contributed by atoms with Gasteiger partial charge in [-0.3, -0.25) is 5.41 Å². The van der Waals surface area contributed by atoms with E-state index in [0.717, 1.165) is 5.01 Å². The lowest BCUT2D eigenvalue weighted by molar-refractivity contribution is 0.305. The number of aromatic nitrogens is 1. The van der Waals surface area contributed by atoms with Crippen LogP contribution < -0.4 is 10.5 Å². The molecule has 0 spiro atoms. The lowest BCUT2D eigenvalue weighted by Crippen LogP contribution is -2.08. The largest absolute Gasteiger partial charge is 0.490 e. The van der Waals surface area contributed by atoms with Crippen LogP contribution in [-0.4, -0.2) is 17.4 Å². The van der Waals surface area contributed by atoms with Crippen LogP contribution in [0.4, 0.5) is 4.39 Å². The molecule has 0 saturated heterocycles. The Labute approximate surface area is 108 Å². The maximum absolute atomic E-state index is 13.2. The molecule has 0 aliphatic heterocycles. The summed E-state index contributed by atoms with van der Waals surface area (Å²) >= 11 is 1.35. The number of amidine groups is 1. The third-order valence-electron chi connectivity index (χ3n) is 2.23. The normalized spacial score (nSPS) is 10.3. The van der Waals surface area contributed by atoms with Gasteiger partial charge in [-0.15, -0.1) is 11.3 Å². The summed E-state index contributed by atoms with van der Waals surface area (Å²) in [5.74, 6) is -0.129. The summed E-state index contributed by atoms with van der Waals surface area (Å²) in [4.78, 5) is 4.75. The van der Waals surface area contributed by atoms with E-state index in [0.29, 0.717) is 17.9 Å². The molecule has 1 heterocycles. The van der Waals surface area contributed by atoms with Crippen LogP contribution >= 0.6 is 11.3 Å². The van der Waals surface area contributed by atoms with E-state index < -0.39 is 0 Å². The molecular formula is C12H12FN3OS. The molecule has 1 aromatic heterocycles. The van der Waals surface area contributed by atoms with Crippen molar-refractivity contribution in [3.63, 3.8) is 0 Å². The number of rotatable bonds is 5. The van der Waals surface area contributed by atoms with E-state index in [1.54, 1.807) is 24.4 Å². The number of nitrogens with two attached hydrogens (primary N) is 1. The van der Waals surface area contributed by atoms with E-state index >= 15 is 0 Å². The third kappa shape index (κ3) is 3.04. The Balaban J connectivity index is 1.88. The van der Waals surface area contributed by atoms with Gasteiger partial charge in [-0.25, -0.2) is 9.37 Å². The zero-order valence-electron chi connectivity index (χ0n) is 9.52. The summed E-state index contributed by atoms with van der Waals surface area (Å²) < 4.78 is 18.6. The molecular weight excluding hydrogens is 253 g/mol. The molecule has 94 valence electrons. The molecule has 0 amide bonds. The highest BCUT2D eigenvalue weighted by Gasteiger charge is 2.05. The molecule has 1 aromatic carbocycles. The van der Waals surface area contributed by atoms with Gasteiger partial charge in [0.2, 0.25) is 0 Å². The number of ether oxygens (including phenoxy) is 1. The van der Waals surface area contributed by atoms with Crippen molar-refractivity contribution in [3.05, 3.63) is 46.2 Å². The predicted molar refractivity (Wildman–Crippen MR) is 68.7 cm³/mol. The van der Waals surface area contributed by atoms with E-state index in [1.165, 1.54) is 17.4 Å². The lowest BCUT2D eigenvalue weighted by atomic mass is 10.3. The fraction of sp³-hybridized carbons (Fsp3) is 0.167. The van der Waals surface area contributed by atoms with Crippen LogP contribution in [-0.2, 0) is 6.42 Å². The zero-order chi connectivity index (χ0) is 13.0. The van der Waals surface area contributed by atoms with Crippen LogP contribution in [0.25, 0.3) is 0 Å². The Kier molecular flexibility index (Phi) is 3.88. The second-order valence-corrected chi connectivity index (χ2v) is 4.68. The molecule has 2 rings (SSSR count). The molecule has 0 radical (unpaired) electrons. The highest BCUT2D eigenvalue weighted by Crippen LogP contribution is 2.17. The second-order valence-electron chi connectivity index (χ2n) is 3.56. The number of nitrogens with zero attached hydrogens (tertiary/aromatic N) is 1. The van der Waals surface area contributed by atoms with Crippen molar-refractivity contribution in [1.82, 2.24) is 4.98 Å². The zero-order valence-corrected chi connectivity index (χ0v) is 10.3. The van der Waals surface area contributed by atoms with E-state index in [2.05, 4.69) is 4.98 Å². The van der Waals surface area contributed by atoms with Crippen LogP contribution in [0.5, 0.6) is 5.75 Å². The van der Waals surface area contributed by atoms with Crippen LogP contribution in [0, 0.1) is 11.2 Å². The number of para-hydroxylation sites is 1. The van der Waals surface area contributed by atoms with Gasteiger partial charge >= 0.3 is 0 Å². The summed E-state index contributed by atoms with van der Waals surface area (Å²) in [5.41, 5.74) is 5.34. The van der Waals surface area contributed by atoms with Gasteiger partial charge in [-0.2, -0.15) is 0 Å². The van der Waals surface area contributed by atoms with Crippen LogP contribution in [0.2, 0.25) is 0 Å². The van der Waals surface area contributed by atoms with Gasteiger partial charge in [0, 0.05) is 12.6 Å². The summed E-state index contributed by atoms with van der Waals surface area (Å²) in [6.07, 6.45) is 2.12.